The fraction of sp³-hybridized carbons (Fsp3) is 0.167. The minimum absolute atomic E-state index is 0.161. The van der Waals surface area contributed by atoms with Crippen LogP contribution in [-0.4, -0.2) is 23.2 Å². The van der Waals surface area contributed by atoms with Gasteiger partial charge in [0.15, 0.2) is 11.5 Å². The average molecular weight is 244 g/mol. The Kier molecular flexibility index (Phi) is 2.40. The Morgan fingerprint density at radius 1 is 1.06 bits per heavy atom. The second-order valence-corrected chi connectivity index (χ2v) is 3.89. The lowest BCUT2D eigenvalue weighted by atomic mass is 10.1. The number of benzene rings is 1. The number of anilines is 2. The molecule has 1 aliphatic heterocycles. The quantitative estimate of drug-likeness (QED) is 0.779. The van der Waals surface area contributed by atoms with Gasteiger partial charge in [-0.2, -0.15) is 4.98 Å². The normalized spacial score (nSPS) is 13.3. The van der Waals surface area contributed by atoms with Gasteiger partial charge >= 0.3 is 0 Å². The molecule has 0 bridgehead atoms. The molecule has 0 aliphatic carbocycles. The summed E-state index contributed by atoms with van der Waals surface area (Å²) in [5.41, 5.74) is 12.9. The van der Waals surface area contributed by atoms with Gasteiger partial charge in [-0.05, 0) is 17.7 Å². The van der Waals surface area contributed by atoms with Crippen LogP contribution >= 0.6 is 0 Å². The molecule has 0 atom stereocenters. The molecule has 2 heterocycles. The third-order valence-electron chi connectivity index (χ3n) is 2.69. The molecule has 3 rings (SSSR count). The molecule has 6 heteroatoms. The van der Waals surface area contributed by atoms with E-state index in [-0.39, 0.29) is 5.95 Å². The Balaban J connectivity index is 2.06. The Bertz CT molecular complexity index is 601. The van der Waals surface area contributed by atoms with Gasteiger partial charge in [0.05, 0.1) is 0 Å². The predicted molar refractivity (Wildman–Crippen MR) is 67.3 cm³/mol. The van der Waals surface area contributed by atoms with Gasteiger partial charge in [-0.25, -0.2) is 4.98 Å². The molecular formula is C12H12N4O2. The summed E-state index contributed by atoms with van der Waals surface area (Å²) in [4.78, 5) is 7.88. The number of nitrogen functional groups attached to an aromatic ring is 2. The number of nitrogens with two attached hydrogens (primary N) is 2. The minimum Gasteiger partial charge on any atom is -0.486 e. The highest BCUT2D eigenvalue weighted by molar-refractivity contribution is 5.75. The Morgan fingerprint density at radius 3 is 2.61 bits per heavy atom. The number of hydrogen-bond donors (Lipinski definition) is 2. The SMILES string of the molecule is Nc1ncc(-c2ccc3c(c2)OCCO3)c(N)n1. The van der Waals surface area contributed by atoms with Crippen LogP contribution in [0.5, 0.6) is 11.5 Å². The Morgan fingerprint density at radius 2 is 1.83 bits per heavy atom. The molecule has 0 saturated carbocycles. The summed E-state index contributed by atoms with van der Waals surface area (Å²) in [6.07, 6.45) is 1.60. The van der Waals surface area contributed by atoms with Crippen molar-refractivity contribution >= 4 is 11.8 Å². The molecule has 92 valence electrons. The van der Waals surface area contributed by atoms with Gasteiger partial charge in [-0.1, -0.05) is 6.07 Å². The van der Waals surface area contributed by atoms with Crippen molar-refractivity contribution < 1.29 is 9.47 Å². The number of fused-ring (bicyclic) bond motifs is 1. The molecule has 18 heavy (non-hydrogen) atoms. The fourth-order valence-corrected chi connectivity index (χ4v) is 1.84. The third kappa shape index (κ3) is 1.77. The molecule has 6 nitrogen and oxygen atoms in total. The van der Waals surface area contributed by atoms with E-state index in [0.717, 1.165) is 16.9 Å². The van der Waals surface area contributed by atoms with Crippen LogP contribution in [0.3, 0.4) is 0 Å². The van der Waals surface area contributed by atoms with Gasteiger partial charge in [0.1, 0.15) is 19.0 Å². The fourth-order valence-electron chi connectivity index (χ4n) is 1.84. The van der Waals surface area contributed by atoms with Crippen molar-refractivity contribution in [2.75, 3.05) is 24.7 Å². The lowest BCUT2D eigenvalue weighted by Crippen LogP contribution is -2.15. The molecule has 1 aromatic carbocycles. The average Bonchev–Trinajstić information content (AvgIpc) is 2.38. The maximum Gasteiger partial charge on any atom is 0.221 e. The highest BCUT2D eigenvalue weighted by Crippen LogP contribution is 2.35. The standard InChI is InChI=1S/C12H12N4O2/c13-11-8(6-15-12(14)16-11)7-1-2-9-10(5-7)18-4-3-17-9/h1-2,5-6H,3-4H2,(H4,13,14,15,16). The zero-order valence-electron chi connectivity index (χ0n) is 9.59. The number of aromatic nitrogens is 2. The van der Waals surface area contributed by atoms with E-state index in [1.165, 1.54) is 0 Å². The van der Waals surface area contributed by atoms with Gasteiger partial charge in [-0.3, -0.25) is 0 Å². The molecule has 0 spiro atoms. The molecule has 1 aromatic heterocycles. The number of rotatable bonds is 1. The highest BCUT2D eigenvalue weighted by Gasteiger charge is 2.14. The van der Waals surface area contributed by atoms with E-state index in [4.69, 9.17) is 20.9 Å². The van der Waals surface area contributed by atoms with Gasteiger partial charge in [0.2, 0.25) is 5.95 Å². The van der Waals surface area contributed by atoms with Crippen LogP contribution in [0.4, 0.5) is 11.8 Å². The summed E-state index contributed by atoms with van der Waals surface area (Å²) < 4.78 is 11.0. The van der Waals surface area contributed by atoms with Crippen LogP contribution in [0.2, 0.25) is 0 Å². The second kappa shape index (κ2) is 4.06. The predicted octanol–water partition coefficient (Wildman–Crippen LogP) is 1.08. The molecule has 0 amide bonds. The zero-order valence-corrected chi connectivity index (χ0v) is 9.59. The number of hydrogen-bond acceptors (Lipinski definition) is 6. The third-order valence-corrected chi connectivity index (χ3v) is 2.69. The molecule has 0 fully saturated rings. The topological polar surface area (TPSA) is 96.3 Å². The van der Waals surface area contributed by atoms with Crippen molar-refractivity contribution in [3.8, 4) is 22.6 Å². The van der Waals surface area contributed by atoms with Crippen LogP contribution in [0.1, 0.15) is 0 Å². The highest BCUT2D eigenvalue weighted by atomic mass is 16.6. The monoisotopic (exact) mass is 244 g/mol. The van der Waals surface area contributed by atoms with Crippen molar-refractivity contribution in [2.24, 2.45) is 0 Å². The van der Waals surface area contributed by atoms with Crippen molar-refractivity contribution in [2.45, 2.75) is 0 Å². The van der Waals surface area contributed by atoms with Crippen LogP contribution in [0, 0.1) is 0 Å². The van der Waals surface area contributed by atoms with Gasteiger partial charge < -0.3 is 20.9 Å². The lowest BCUT2D eigenvalue weighted by molar-refractivity contribution is 0.171. The van der Waals surface area contributed by atoms with Crippen molar-refractivity contribution in [3.63, 3.8) is 0 Å². The van der Waals surface area contributed by atoms with E-state index in [9.17, 15) is 0 Å². The molecule has 0 saturated heterocycles. The first kappa shape index (κ1) is 10.6. The Hall–Kier alpha value is -2.50. The molecular weight excluding hydrogens is 232 g/mol. The molecule has 0 radical (unpaired) electrons. The van der Waals surface area contributed by atoms with E-state index in [2.05, 4.69) is 9.97 Å². The maximum atomic E-state index is 5.83. The van der Waals surface area contributed by atoms with E-state index >= 15 is 0 Å². The van der Waals surface area contributed by atoms with Crippen LogP contribution in [0.15, 0.2) is 24.4 Å². The summed E-state index contributed by atoms with van der Waals surface area (Å²) in [7, 11) is 0. The maximum absolute atomic E-state index is 5.83. The van der Waals surface area contributed by atoms with Gasteiger partial charge in [-0.15, -0.1) is 0 Å². The Labute approximate surface area is 104 Å². The smallest absolute Gasteiger partial charge is 0.221 e. The zero-order chi connectivity index (χ0) is 12.5. The summed E-state index contributed by atoms with van der Waals surface area (Å²) in [6.45, 7) is 1.11. The van der Waals surface area contributed by atoms with E-state index in [1.807, 2.05) is 18.2 Å². The van der Waals surface area contributed by atoms with E-state index < -0.39 is 0 Å². The van der Waals surface area contributed by atoms with E-state index in [0.29, 0.717) is 24.8 Å². The minimum atomic E-state index is 0.161. The molecule has 2 aromatic rings. The van der Waals surface area contributed by atoms with Crippen LogP contribution < -0.4 is 20.9 Å². The second-order valence-electron chi connectivity index (χ2n) is 3.89. The molecule has 1 aliphatic rings. The van der Waals surface area contributed by atoms with Crippen LogP contribution in [-0.2, 0) is 0 Å². The molecule has 4 N–H and O–H groups in total. The van der Waals surface area contributed by atoms with Crippen molar-refractivity contribution in [1.29, 1.82) is 0 Å². The van der Waals surface area contributed by atoms with E-state index in [1.54, 1.807) is 6.20 Å². The van der Waals surface area contributed by atoms with Crippen molar-refractivity contribution in [1.82, 2.24) is 9.97 Å². The van der Waals surface area contributed by atoms with Crippen molar-refractivity contribution in [3.05, 3.63) is 24.4 Å². The molecule has 0 unspecified atom stereocenters. The number of ether oxygens (including phenoxy) is 2. The largest absolute Gasteiger partial charge is 0.486 e. The first-order valence-electron chi connectivity index (χ1n) is 5.52. The lowest BCUT2D eigenvalue weighted by Gasteiger charge is -2.19. The van der Waals surface area contributed by atoms with Gasteiger partial charge in [0, 0.05) is 11.8 Å². The van der Waals surface area contributed by atoms with Gasteiger partial charge in [0.25, 0.3) is 0 Å². The first-order chi connectivity index (χ1) is 8.74. The summed E-state index contributed by atoms with van der Waals surface area (Å²) in [5, 5.41) is 0. The van der Waals surface area contributed by atoms with Crippen LogP contribution in [0.25, 0.3) is 11.1 Å². The summed E-state index contributed by atoms with van der Waals surface area (Å²) >= 11 is 0. The summed E-state index contributed by atoms with van der Waals surface area (Å²) in [6, 6.07) is 5.60. The number of nitrogens with zero attached hydrogens (tertiary/aromatic N) is 2. The summed E-state index contributed by atoms with van der Waals surface area (Å²) in [5.74, 6) is 1.95. The first-order valence-corrected chi connectivity index (χ1v) is 5.52.